The minimum Gasteiger partial charge on any atom is -0.325 e. The number of nitrogens with one attached hydrogen (secondary N) is 1. The highest BCUT2D eigenvalue weighted by molar-refractivity contribution is 7.99. The van der Waals surface area contributed by atoms with Gasteiger partial charge in [0, 0.05) is 16.9 Å². The van der Waals surface area contributed by atoms with Crippen LogP contribution < -0.4 is 5.32 Å². The molecule has 1 amide bonds. The largest absolute Gasteiger partial charge is 0.325 e. The molecule has 0 aliphatic carbocycles. The van der Waals surface area contributed by atoms with Crippen LogP contribution in [-0.4, -0.2) is 26.4 Å². The molecule has 1 aromatic heterocycles. The molecule has 0 aliphatic heterocycles. The molecule has 6 heteroatoms. The fourth-order valence-corrected chi connectivity index (χ4v) is 4.69. The monoisotopic (exact) mass is 498 g/mol. The lowest BCUT2D eigenvalue weighted by molar-refractivity contribution is -0.113. The van der Waals surface area contributed by atoms with E-state index in [1.165, 1.54) is 22.9 Å². The van der Waals surface area contributed by atoms with Gasteiger partial charge in [0.1, 0.15) is 0 Å². The van der Waals surface area contributed by atoms with E-state index in [4.69, 9.17) is 0 Å². The van der Waals surface area contributed by atoms with Crippen LogP contribution in [0.25, 0.3) is 17.1 Å². The van der Waals surface area contributed by atoms with Crippen LogP contribution >= 0.6 is 11.8 Å². The molecule has 3 aromatic carbocycles. The zero-order chi connectivity index (χ0) is 25.7. The van der Waals surface area contributed by atoms with Crippen LogP contribution in [0.15, 0.2) is 84.0 Å². The summed E-state index contributed by atoms with van der Waals surface area (Å²) in [6.45, 7) is 11.0. The highest BCUT2D eigenvalue weighted by Crippen LogP contribution is 2.30. The molecule has 4 aromatic rings. The fourth-order valence-electron chi connectivity index (χ4n) is 3.94. The zero-order valence-electron chi connectivity index (χ0n) is 21.7. The van der Waals surface area contributed by atoms with Gasteiger partial charge in [-0.15, -0.1) is 10.2 Å². The molecular weight excluding hydrogens is 464 g/mol. The van der Waals surface area contributed by atoms with Crippen molar-refractivity contribution in [2.45, 2.75) is 57.5 Å². The van der Waals surface area contributed by atoms with Gasteiger partial charge in [0.2, 0.25) is 5.91 Å². The van der Waals surface area contributed by atoms with Crippen molar-refractivity contribution in [1.29, 1.82) is 0 Å². The maximum absolute atomic E-state index is 12.7. The summed E-state index contributed by atoms with van der Waals surface area (Å²) in [5, 5.41) is 12.6. The molecule has 5 nitrogen and oxygen atoms in total. The quantitative estimate of drug-likeness (QED) is 0.256. The van der Waals surface area contributed by atoms with Gasteiger partial charge in [-0.3, -0.25) is 9.36 Å². The molecule has 186 valence electrons. The van der Waals surface area contributed by atoms with Crippen LogP contribution in [0.2, 0.25) is 0 Å². The van der Waals surface area contributed by atoms with Crippen molar-refractivity contribution in [2.24, 2.45) is 0 Å². The number of para-hydroxylation sites is 1. The van der Waals surface area contributed by atoms with Gasteiger partial charge in [-0.1, -0.05) is 101 Å². The summed E-state index contributed by atoms with van der Waals surface area (Å²) < 4.78 is 2.02. The third-order valence-electron chi connectivity index (χ3n) is 6.37. The van der Waals surface area contributed by atoms with Gasteiger partial charge in [-0.2, -0.15) is 0 Å². The minimum absolute atomic E-state index is 0.0741. The molecule has 0 aliphatic rings. The SMILES string of the molecule is CC[C@H](C)c1ccc(NC(=O)CSc2nnc(-c3ccc(C(C)(C)C)cc3)n2-c2ccccc2)cc1. The Hall–Kier alpha value is -3.38. The van der Waals surface area contributed by atoms with E-state index in [-0.39, 0.29) is 17.1 Å². The van der Waals surface area contributed by atoms with Gasteiger partial charge in [0.05, 0.1) is 5.75 Å². The first-order chi connectivity index (χ1) is 17.3. The van der Waals surface area contributed by atoms with Crippen molar-refractivity contribution in [2.75, 3.05) is 11.1 Å². The lowest BCUT2D eigenvalue weighted by Crippen LogP contribution is -2.14. The number of aromatic nitrogens is 3. The predicted molar refractivity (Wildman–Crippen MR) is 150 cm³/mol. The summed E-state index contributed by atoms with van der Waals surface area (Å²) in [5.74, 6) is 1.43. The summed E-state index contributed by atoms with van der Waals surface area (Å²) in [6, 6.07) is 26.6. The Balaban J connectivity index is 1.53. The minimum atomic E-state index is -0.0741. The Kier molecular flexibility index (Phi) is 7.94. The first-order valence-corrected chi connectivity index (χ1v) is 13.4. The third-order valence-corrected chi connectivity index (χ3v) is 7.29. The van der Waals surface area contributed by atoms with Crippen molar-refractivity contribution >= 4 is 23.4 Å². The molecule has 0 fully saturated rings. The van der Waals surface area contributed by atoms with Gasteiger partial charge in [0.15, 0.2) is 11.0 Å². The number of anilines is 1. The van der Waals surface area contributed by atoms with Crippen LogP contribution in [0.4, 0.5) is 5.69 Å². The molecule has 0 bridgehead atoms. The number of carbonyl (C=O) groups excluding carboxylic acids is 1. The number of amides is 1. The molecule has 4 rings (SSSR count). The normalized spacial score (nSPS) is 12.4. The van der Waals surface area contributed by atoms with Gasteiger partial charge in [0.25, 0.3) is 0 Å². The maximum atomic E-state index is 12.7. The highest BCUT2D eigenvalue weighted by Gasteiger charge is 2.19. The predicted octanol–water partition coefficient (Wildman–Crippen LogP) is 7.48. The zero-order valence-corrected chi connectivity index (χ0v) is 22.5. The van der Waals surface area contributed by atoms with Crippen LogP contribution in [0, 0.1) is 0 Å². The van der Waals surface area contributed by atoms with E-state index < -0.39 is 0 Å². The molecule has 1 N–H and O–H groups in total. The Morgan fingerprint density at radius 3 is 2.22 bits per heavy atom. The second-order valence-electron chi connectivity index (χ2n) is 10.1. The van der Waals surface area contributed by atoms with Crippen molar-refractivity contribution in [3.63, 3.8) is 0 Å². The molecule has 1 atom stereocenters. The van der Waals surface area contributed by atoms with E-state index in [9.17, 15) is 4.79 Å². The smallest absolute Gasteiger partial charge is 0.234 e. The summed E-state index contributed by atoms with van der Waals surface area (Å²) in [5.41, 5.74) is 5.37. The third kappa shape index (κ3) is 6.05. The average Bonchev–Trinajstić information content (AvgIpc) is 3.31. The molecule has 0 saturated heterocycles. The summed E-state index contributed by atoms with van der Waals surface area (Å²) in [7, 11) is 0. The first-order valence-electron chi connectivity index (χ1n) is 12.4. The van der Waals surface area contributed by atoms with Crippen LogP contribution in [0.3, 0.4) is 0 Å². The van der Waals surface area contributed by atoms with E-state index in [0.29, 0.717) is 11.1 Å². The summed E-state index contributed by atoms with van der Waals surface area (Å²) in [6.07, 6.45) is 1.09. The summed E-state index contributed by atoms with van der Waals surface area (Å²) in [4.78, 5) is 12.7. The second-order valence-corrected chi connectivity index (χ2v) is 11.0. The molecule has 1 heterocycles. The van der Waals surface area contributed by atoms with E-state index in [1.54, 1.807) is 0 Å². The molecule has 0 spiro atoms. The molecular formula is C30H34N4OS. The topological polar surface area (TPSA) is 59.8 Å². The number of benzene rings is 3. The van der Waals surface area contributed by atoms with Gasteiger partial charge < -0.3 is 5.32 Å². The van der Waals surface area contributed by atoms with Crippen molar-refractivity contribution < 1.29 is 4.79 Å². The standard InChI is InChI=1S/C30H34N4OS/c1-6-21(2)22-14-18-25(19-15-22)31-27(35)20-36-29-33-32-28(34(29)26-10-8-7-9-11-26)23-12-16-24(17-13-23)30(3,4)5/h7-19,21H,6,20H2,1-5H3,(H,31,35)/t21-/m0/s1. The average molecular weight is 499 g/mol. The Labute approximate surface area is 218 Å². The number of carbonyl (C=O) groups is 1. The van der Waals surface area contributed by atoms with E-state index >= 15 is 0 Å². The van der Waals surface area contributed by atoms with Crippen molar-refractivity contribution in [3.8, 4) is 17.1 Å². The van der Waals surface area contributed by atoms with E-state index in [1.807, 2.05) is 47.0 Å². The number of hydrogen-bond acceptors (Lipinski definition) is 4. The Bertz CT molecular complexity index is 1290. The first kappa shape index (κ1) is 25.7. The molecule has 0 radical (unpaired) electrons. The van der Waals surface area contributed by atoms with Crippen LogP contribution in [-0.2, 0) is 10.2 Å². The molecule has 0 saturated carbocycles. The van der Waals surface area contributed by atoms with Gasteiger partial charge in [-0.05, 0) is 53.1 Å². The van der Waals surface area contributed by atoms with Crippen molar-refractivity contribution in [3.05, 3.63) is 90.0 Å². The Morgan fingerprint density at radius 1 is 0.944 bits per heavy atom. The molecule has 0 unspecified atom stereocenters. The van der Waals surface area contributed by atoms with E-state index in [0.717, 1.165) is 29.2 Å². The molecule has 36 heavy (non-hydrogen) atoms. The lowest BCUT2D eigenvalue weighted by Gasteiger charge is -2.19. The number of thioether (sulfide) groups is 1. The second kappa shape index (κ2) is 11.1. The van der Waals surface area contributed by atoms with Gasteiger partial charge in [-0.25, -0.2) is 0 Å². The lowest BCUT2D eigenvalue weighted by atomic mass is 9.87. The fraction of sp³-hybridized carbons (Fsp3) is 0.300. The number of rotatable bonds is 8. The van der Waals surface area contributed by atoms with Crippen LogP contribution in [0.1, 0.15) is 58.1 Å². The summed E-state index contributed by atoms with van der Waals surface area (Å²) >= 11 is 1.38. The highest BCUT2D eigenvalue weighted by atomic mass is 32.2. The Morgan fingerprint density at radius 2 is 1.61 bits per heavy atom. The van der Waals surface area contributed by atoms with Crippen molar-refractivity contribution in [1.82, 2.24) is 14.8 Å². The number of hydrogen-bond donors (Lipinski definition) is 1. The van der Waals surface area contributed by atoms with E-state index in [2.05, 4.69) is 86.5 Å². The maximum Gasteiger partial charge on any atom is 0.234 e. The number of nitrogens with zero attached hydrogens (tertiary/aromatic N) is 3. The van der Waals surface area contributed by atoms with Gasteiger partial charge >= 0.3 is 0 Å². The van der Waals surface area contributed by atoms with Crippen LogP contribution in [0.5, 0.6) is 0 Å².